The number of amides is 2. The van der Waals surface area contributed by atoms with E-state index in [1.165, 1.54) is 17.9 Å². The van der Waals surface area contributed by atoms with Gasteiger partial charge in [0.2, 0.25) is 0 Å². The summed E-state index contributed by atoms with van der Waals surface area (Å²) in [5, 5.41) is 0. The van der Waals surface area contributed by atoms with Crippen molar-refractivity contribution in [3.05, 3.63) is 35.1 Å². The second-order valence-electron chi connectivity index (χ2n) is 5.00. The van der Waals surface area contributed by atoms with Crippen LogP contribution >= 0.6 is 0 Å². The Morgan fingerprint density at radius 3 is 2.74 bits per heavy atom. The summed E-state index contributed by atoms with van der Waals surface area (Å²) >= 11 is 0. The van der Waals surface area contributed by atoms with Crippen molar-refractivity contribution < 1.29 is 14.0 Å². The van der Waals surface area contributed by atoms with E-state index in [0.29, 0.717) is 12.1 Å². The zero-order chi connectivity index (χ0) is 14.2. The number of hydrogen-bond acceptors (Lipinski definition) is 2. The molecule has 1 atom stereocenters. The third-order valence-corrected chi connectivity index (χ3v) is 3.41. The second kappa shape index (κ2) is 4.99. The third kappa shape index (κ3) is 2.59. The Balaban J connectivity index is 2.23. The van der Waals surface area contributed by atoms with Crippen molar-refractivity contribution in [3.63, 3.8) is 0 Å². The first kappa shape index (κ1) is 13.5. The van der Waals surface area contributed by atoms with Gasteiger partial charge in [0.05, 0.1) is 12.6 Å². The number of halogens is 1. The predicted octanol–water partition coefficient (Wildman–Crippen LogP) is 2.13. The van der Waals surface area contributed by atoms with Gasteiger partial charge in [0.25, 0.3) is 0 Å². The Morgan fingerprint density at radius 1 is 1.47 bits per heavy atom. The first-order valence-electron chi connectivity index (χ1n) is 6.17. The van der Waals surface area contributed by atoms with E-state index in [4.69, 9.17) is 0 Å². The van der Waals surface area contributed by atoms with Gasteiger partial charge in [-0.05, 0) is 31.0 Å². The lowest BCUT2D eigenvalue weighted by Gasteiger charge is -2.18. The summed E-state index contributed by atoms with van der Waals surface area (Å²) < 4.78 is 13.3. The van der Waals surface area contributed by atoms with Crippen LogP contribution in [0.3, 0.4) is 0 Å². The van der Waals surface area contributed by atoms with Crippen molar-refractivity contribution in [3.8, 4) is 0 Å². The van der Waals surface area contributed by atoms with Crippen LogP contribution in [0.25, 0.3) is 0 Å². The summed E-state index contributed by atoms with van der Waals surface area (Å²) in [6.45, 7) is 3.74. The molecule has 0 radical (unpaired) electrons. The Kier molecular flexibility index (Phi) is 3.55. The van der Waals surface area contributed by atoms with Gasteiger partial charge in [0.1, 0.15) is 11.6 Å². The summed E-state index contributed by atoms with van der Waals surface area (Å²) in [5.41, 5.74) is 1.45. The van der Waals surface area contributed by atoms with Gasteiger partial charge in [-0.2, -0.15) is 0 Å². The number of benzene rings is 1. The van der Waals surface area contributed by atoms with Crippen LogP contribution < -0.4 is 0 Å². The zero-order valence-electron chi connectivity index (χ0n) is 11.3. The minimum Gasteiger partial charge on any atom is -0.319 e. The number of nitrogens with zero attached hydrogens (tertiary/aromatic N) is 2. The van der Waals surface area contributed by atoms with Crippen LogP contribution in [0.15, 0.2) is 18.2 Å². The van der Waals surface area contributed by atoms with E-state index < -0.39 is 0 Å². The standard InChI is InChI=1S/C14H17FN2O2/c1-9-6-11(4-5-12(9)15)13-8-17(7-10(2)18)14(19)16(13)3/h4-6,13H,7-8H2,1-3H3. The molecule has 2 amide bonds. The van der Waals surface area contributed by atoms with Crippen LogP contribution in [0, 0.1) is 12.7 Å². The van der Waals surface area contributed by atoms with Crippen LogP contribution in [0.5, 0.6) is 0 Å². The fourth-order valence-corrected chi connectivity index (χ4v) is 2.37. The minimum absolute atomic E-state index is 0.0438. The van der Waals surface area contributed by atoms with E-state index in [1.54, 1.807) is 31.0 Å². The number of likely N-dealkylation sites (N-methyl/N-ethyl adjacent to an activating group) is 1. The quantitative estimate of drug-likeness (QED) is 0.839. The van der Waals surface area contributed by atoms with Crippen LogP contribution in [-0.2, 0) is 4.79 Å². The van der Waals surface area contributed by atoms with Crippen molar-refractivity contribution >= 4 is 11.8 Å². The second-order valence-corrected chi connectivity index (χ2v) is 5.00. The smallest absolute Gasteiger partial charge is 0.319 e. The normalized spacial score (nSPS) is 19.2. The number of carbonyl (C=O) groups is 2. The van der Waals surface area contributed by atoms with E-state index in [2.05, 4.69) is 0 Å². The average molecular weight is 264 g/mol. The van der Waals surface area contributed by atoms with Crippen LogP contribution in [0.2, 0.25) is 0 Å². The van der Waals surface area contributed by atoms with Gasteiger partial charge in [-0.3, -0.25) is 4.79 Å². The number of rotatable bonds is 3. The molecule has 0 spiro atoms. The van der Waals surface area contributed by atoms with Crippen molar-refractivity contribution in [1.29, 1.82) is 0 Å². The van der Waals surface area contributed by atoms with Gasteiger partial charge in [-0.15, -0.1) is 0 Å². The molecule has 0 N–H and O–H groups in total. The number of urea groups is 1. The Morgan fingerprint density at radius 2 is 2.16 bits per heavy atom. The number of carbonyl (C=O) groups excluding carboxylic acids is 2. The van der Waals surface area contributed by atoms with E-state index in [9.17, 15) is 14.0 Å². The molecule has 5 heteroatoms. The predicted molar refractivity (Wildman–Crippen MR) is 69.3 cm³/mol. The first-order chi connectivity index (χ1) is 8.90. The van der Waals surface area contributed by atoms with Gasteiger partial charge in [-0.1, -0.05) is 12.1 Å². The van der Waals surface area contributed by atoms with Gasteiger partial charge in [-0.25, -0.2) is 9.18 Å². The van der Waals surface area contributed by atoms with Gasteiger partial charge < -0.3 is 9.80 Å². The fraction of sp³-hybridized carbons (Fsp3) is 0.429. The van der Waals surface area contributed by atoms with Crippen molar-refractivity contribution in [2.24, 2.45) is 0 Å². The van der Waals surface area contributed by atoms with E-state index in [-0.39, 0.29) is 30.2 Å². The summed E-state index contributed by atoms with van der Waals surface area (Å²) in [6.07, 6.45) is 0. The summed E-state index contributed by atoms with van der Waals surface area (Å²) in [5.74, 6) is -0.297. The van der Waals surface area contributed by atoms with Gasteiger partial charge in [0.15, 0.2) is 0 Å². The lowest BCUT2D eigenvalue weighted by atomic mass is 10.0. The maximum absolute atomic E-state index is 13.3. The monoisotopic (exact) mass is 264 g/mol. The maximum Gasteiger partial charge on any atom is 0.320 e. The molecular weight excluding hydrogens is 247 g/mol. The number of Topliss-reactive ketones (excluding diaryl/α,β-unsaturated/α-hetero) is 1. The summed E-state index contributed by atoms with van der Waals surface area (Å²) in [4.78, 5) is 26.2. The van der Waals surface area contributed by atoms with E-state index in [1.807, 2.05) is 0 Å². The highest BCUT2D eigenvalue weighted by atomic mass is 19.1. The van der Waals surface area contributed by atoms with Gasteiger partial charge >= 0.3 is 6.03 Å². The average Bonchev–Trinajstić information content (AvgIpc) is 2.60. The fourth-order valence-electron chi connectivity index (χ4n) is 2.37. The molecule has 1 aliphatic heterocycles. The molecule has 0 saturated carbocycles. The highest BCUT2D eigenvalue weighted by molar-refractivity contribution is 5.85. The number of ketones is 1. The van der Waals surface area contributed by atoms with E-state index in [0.717, 1.165) is 5.56 Å². The lowest BCUT2D eigenvalue weighted by Crippen LogP contribution is -2.33. The maximum atomic E-state index is 13.3. The van der Waals surface area contributed by atoms with Gasteiger partial charge in [0, 0.05) is 13.6 Å². The van der Waals surface area contributed by atoms with Crippen molar-refractivity contribution in [2.45, 2.75) is 19.9 Å². The molecule has 1 unspecified atom stereocenters. The van der Waals surface area contributed by atoms with Crippen molar-refractivity contribution in [1.82, 2.24) is 9.80 Å². The van der Waals surface area contributed by atoms with Crippen LogP contribution in [0.4, 0.5) is 9.18 Å². The topological polar surface area (TPSA) is 40.6 Å². The summed E-state index contributed by atoms with van der Waals surface area (Å²) in [7, 11) is 1.70. The molecule has 0 bridgehead atoms. The molecule has 2 rings (SSSR count). The molecule has 1 aromatic rings. The molecular formula is C14H17FN2O2. The number of aryl methyl sites for hydroxylation is 1. The summed E-state index contributed by atoms with van der Waals surface area (Å²) in [6, 6.07) is 4.56. The molecule has 1 fully saturated rings. The third-order valence-electron chi connectivity index (χ3n) is 3.41. The van der Waals surface area contributed by atoms with Crippen LogP contribution in [0.1, 0.15) is 24.1 Å². The van der Waals surface area contributed by atoms with E-state index >= 15 is 0 Å². The molecule has 19 heavy (non-hydrogen) atoms. The highest BCUT2D eigenvalue weighted by Gasteiger charge is 2.35. The lowest BCUT2D eigenvalue weighted by molar-refractivity contribution is -0.117. The molecule has 0 aromatic heterocycles. The SMILES string of the molecule is CC(=O)CN1CC(c2ccc(F)c(C)c2)N(C)C1=O. The Bertz CT molecular complexity index is 530. The first-order valence-corrected chi connectivity index (χ1v) is 6.17. The van der Waals surface area contributed by atoms with Crippen LogP contribution in [-0.4, -0.2) is 41.8 Å². The Labute approximate surface area is 111 Å². The highest BCUT2D eigenvalue weighted by Crippen LogP contribution is 2.28. The largest absolute Gasteiger partial charge is 0.320 e. The Hall–Kier alpha value is -1.91. The molecule has 1 aromatic carbocycles. The molecule has 1 saturated heterocycles. The molecule has 1 aliphatic rings. The van der Waals surface area contributed by atoms with Crippen molar-refractivity contribution in [2.75, 3.05) is 20.1 Å². The zero-order valence-corrected chi connectivity index (χ0v) is 11.3. The molecule has 102 valence electrons. The minimum atomic E-state index is -0.253. The molecule has 0 aliphatic carbocycles. The molecule has 4 nitrogen and oxygen atoms in total. The number of hydrogen-bond donors (Lipinski definition) is 0. The molecule has 1 heterocycles.